The van der Waals surface area contributed by atoms with Gasteiger partial charge in [-0.15, -0.1) is 0 Å². The van der Waals surface area contributed by atoms with Crippen LogP contribution in [0.25, 0.3) is 33.1 Å². The molecule has 4 aromatic rings. The fourth-order valence-electron chi connectivity index (χ4n) is 3.18. The van der Waals surface area contributed by atoms with E-state index in [2.05, 4.69) is 10.2 Å². The molecule has 0 unspecified atom stereocenters. The van der Waals surface area contributed by atoms with Crippen LogP contribution in [0.2, 0.25) is 0 Å². The van der Waals surface area contributed by atoms with E-state index < -0.39 is 0 Å². The first kappa shape index (κ1) is 16.2. The number of aromatic amines is 1. The van der Waals surface area contributed by atoms with E-state index >= 15 is 0 Å². The first-order valence-electron chi connectivity index (χ1n) is 8.21. The number of hydrogen-bond acceptors (Lipinski definition) is 5. The molecule has 0 aliphatic rings. The van der Waals surface area contributed by atoms with Gasteiger partial charge in [-0.1, -0.05) is 12.1 Å². The zero-order chi connectivity index (χ0) is 18.3. The third-order valence-corrected chi connectivity index (χ3v) is 4.52. The molecule has 0 amide bonds. The highest BCUT2D eigenvalue weighted by Gasteiger charge is 2.17. The van der Waals surface area contributed by atoms with Gasteiger partial charge in [0.1, 0.15) is 16.8 Å². The zero-order valence-electron chi connectivity index (χ0n) is 15.1. The maximum Gasteiger partial charge on any atom is 0.161 e. The van der Waals surface area contributed by atoms with Gasteiger partial charge in [-0.05, 0) is 31.2 Å². The lowest BCUT2D eigenvalue weighted by Gasteiger charge is -2.13. The molecule has 0 saturated heterocycles. The number of aryl methyl sites for hydroxylation is 1. The van der Waals surface area contributed by atoms with Crippen molar-refractivity contribution in [2.24, 2.45) is 0 Å². The van der Waals surface area contributed by atoms with Crippen LogP contribution >= 0.6 is 0 Å². The van der Waals surface area contributed by atoms with Gasteiger partial charge in [0.05, 0.1) is 32.7 Å². The van der Waals surface area contributed by atoms with E-state index in [4.69, 9.17) is 19.2 Å². The molecule has 2 aromatic heterocycles. The van der Waals surface area contributed by atoms with Gasteiger partial charge in [-0.3, -0.25) is 5.10 Å². The van der Waals surface area contributed by atoms with E-state index in [1.165, 1.54) is 0 Å². The molecule has 0 radical (unpaired) electrons. The highest BCUT2D eigenvalue weighted by atomic mass is 16.5. The summed E-state index contributed by atoms with van der Waals surface area (Å²) in [7, 11) is 4.91. The van der Waals surface area contributed by atoms with Crippen molar-refractivity contribution in [2.45, 2.75) is 6.92 Å². The van der Waals surface area contributed by atoms with Crippen molar-refractivity contribution in [2.75, 3.05) is 21.3 Å². The third-order valence-electron chi connectivity index (χ3n) is 4.52. The van der Waals surface area contributed by atoms with Gasteiger partial charge in [0.15, 0.2) is 11.5 Å². The first-order valence-corrected chi connectivity index (χ1v) is 8.21. The largest absolute Gasteiger partial charge is 0.497 e. The Hall–Kier alpha value is -3.28. The van der Waals surface area contributed by atoms with Crippen LogP contribution in [0.15, 0.2) is 36.4 Å². The Kier molecular flexibility index (Phi) is 3.88. The number of benzene rings is 2. The fraction of sp³-hybridized carbons (Fsp3) is 0.200. The molecule has 6 nitrogen and oxygen atoms in total. The van der Waals surface area contributed by atoms with Crippen molar-refractivity contribution in [3.8, 4) is 28.5 Å². The smallest absolute Gasteiger partial charge is 0.161 e. The minimum atomic E-state index is 0.651. The van der Waals surface area contributed by atoms with E-state index in [1.807, 2.05) is 43.3 Å². The maximum atomic E-state index is 5.49. The third kappa shape index (κ3) is 2.42. The van der Waals surface area contributed by atoms with Gasteiger partial charge in [-0.2, -0.15) is 5.10 Å². The Balaban J connectivity index is 2.14. The average Bonchev–Trinajstić information content (AvgIpc) is 3.07. The number of nitrogens with one attached hydrogen (secondary N) is 1. The Morgan fingerprint density at radius 3 is 2.27 bits per heavy atom. The van der Waals surface area contributed by atoms with E-state index in [1.54, 1.807) is 21.3 Å². The van der Waals surface area contributed by atoms with Gasteiger partial charge in [-0.25, -0.2) is 4.98 Å². The molecule has 0 atom stereocenters. The van der Waals surface area contributed by atoms with E-state index in [0.717, 1.165) is 44.5 Å². The zero-order valence-corrected chi connectivity index (χ0v) is 15.1. The second-order valence-electron chi connectivity index (χ2n) is 5.99. The highest BCUT2D eigenvalue weighted by molar-refractivity contribution is 6.10. The van der Waals surface area contributed by atoms with Gasteiger partial charge < -0.3 is 14.2 Å². The SMILES string of the molecule is COc1cccc(-c2nc3c(C)[nH]nc3c3cc(OC)c(OC)cc23)c1. The monoisotopic (exact) mass is 349 g/mol. The summed E-state index contributed by atoms with van der Waals surface area (Å²) in [6.45, 7) is 1.96. The number of methoxy groups -OCH3 is 3. The van der Waals surface area contributed by atoms with Crippen LogP contribution in [-0.4, -0.2) is 36.5 Å². The summed E-state index contributed by atoms with van der Waals surface area (Å²) in [5.74, 6) is 2.09. The number of nitrogens with zero attached hydrogens (tertiary/aromatic N) is 2. The maximum absolute atomic E-state index is 5.49. The molecule has 132 valence electrons. The molecule has 6 heteroatoms. The van der Waals surface area contributed by atoms with Gasteiger partial charge in [0, 0.05) is 16.3 Å². The summed E-state index contributed by atoms with van der Waals surface area (Å²) in [5.41, 5.74) is 4.37. The molecular weight excluding hydrogens is 330 g/mol. The molecule has 0 saturated carbocycles. The predicted molar refractivity (Wildman–Crippen MR) is 101 cm³/mol. The lowest BCUT2D eigenvalue weighted by molar-refractivity contribution is 0.356. The summed E-state index contributed by atoms with van der Waals surface area (Å²) >= 11 is 0. The molecule has 0 fully saturated rings. The Morgan fingerprint density at radius 2 is 1.58 bits per heavy atom. The van der Waals surface area contributed by atoms with Crippen molar-refractivity contribution < 1.29 is 14.2 Å². The Morgan fingerprint density at radius 1 is 0.846 bits per heavy atom. The number of aromatic nitrogens is 3. The number of pyridine rings is 1. The van der Waals surface area contributed by atoms with E-state index in [-0.39, 0.29) is 0 Å². The minimum Gasteiger partial charge on any atom is -0.497 e. The predicted octanol–water partition coefficient (Wildman–Crippen LogP) is 4.11. The molecule has 0 aliphatic heterocycles. The van der Waals surface area contributed by atoms with Crippen LogP contribution in [0.3, 0.4) is 0 Å². The summed E-state index contributed by atoms with van der Waals surface area (Å²) in [5, 5.41) is 9.36. The van der Waals surface area contributed by atoms with Crippen LogP contribution in [0.1, 0.15) is 5.69 Å². The second-order valence-corrected chi connectivity index (χ2v) is 5.99. The average molecular weight is 349 g/mol. The molecule has 4 rings (SSSR count). The van der Waals surface area contributed by atoms with Crippen molar-refractivity contribution in [1.29, 1.82) is 0 Å². The first-order chi connectivity index (χ1) is 12.7. The standard InChI is InChI=1S/C20H19N3O3/c1-11-18-20(23-22-11)15-10-17(26-4)16(25-3)9-14(15)19(21-18)12-6-5-7-13(8-12)24-2/h5-10H,1-4H3,(H,22,23). The highest BCUT2D eigenvalue weighted by Crippen LogP contribution is 2.39. The topological polar surface area (TPSA) is 69.3 Å². The van der Waals surface area contributed by atoms with Crippen LogP contribution in [0, 0.1) is 6.92 Å². The number of fused-ring (bicyclic) bond motifs is 3. The van der Waals surface area contributed by atoms with Crippen molar-refractivity contribution in [3.63, 3.8) is 0 Å². The lowest BCUT2D eigenvalue weighted by atomic mass is 10.0. The van der Waals surface area contributed by atoms with Gasteiger partial charge in [0.2, 0.25) is 0 Å². The summed E-state index contributed by atoms with van der Waals surface area (Å²) < 4.78 is 16.3. The van der Waals surface area contributed by atoms with Crippen LogP contribution in [0.5, 0.6) is 17.2 Å². The molecule has 2 heterocycles. The quantitative estimate of drug-likeness (QED) is 0.600. The molecule has 2 aromatic carbocycles. The van der Waals surface area contributed by atoms with Crippen molar-refractivity contribution >= 4 is 21.8 Å². The lowest BCUT2D eigenvalue weighted by Crippen LogP contribution is -1.94. The molecule has 0 spiro atoms. The molecule has 0 aliphatic carbocycles. The number of hydrogen-bond donors (Lipinski definition) is 1. The molecule has 26 heavy (non-hydrogen) atoms. The fourth-order valence-corrected chi connectivity index (χ4v) is 3.18. The number of rotatable bonds is 4. The normalized spacial score (nSPS) is 11.1. The second kappa shape index (κ2) is 6.22. The summed E-state index contributed by atoms with van der Waals surface area (Å²) in [4.78, 5) is 4.89. The van der Waals surface area contributed by atoms with Gasteiger partial charge in [0.25, 0.3) is 0 Å². The molecular formula is C20H19N3O3. The Labute approximate surface area is 150 Å². The Bertz CT molecular complexity index is 1120. The summed E-state index contributed by atoms with van der Waals surface area (Å²) in [6.07, 6.45) is 0. The van der Waals surface area contributed by atoms with Crippen molar-refractivity contribution in [3.05, 3.63) is 42.1 Å². The van der Waals surface area contributed by atoms with Crippen molar-refractivity contribution in [1.82, 2.24) is 15.2 Å². The van der Waals surface area contributed by atoms with Crippen LogP contribution < -0.4 is 14.2 Å². The summed E-state index contributed by atoms with van der Waals surface area (Å²) in [6, 6.07) is 11.7. The molecule has 1 N–H and O–H groups in total. The van der Waals surface area contributed by atoms with E-state index in [9.17, 15) is 0 Å². The molecule has 0 bridgehead atoms. The van der Waals surface area contributed by atoms with E-state index in [0.29, 0.717) is 11.5 Å². The number of H-pyrrole nitrogens is 1. The van der Waals surface area contributed by atoms with Crippen LogP contribution in [0.4, 0.5) is 0 Å². The minimum absolute atomic E-state index is 0.651. The van der Waals surface area contributed by atoms with Crippen LogP contribution in [-0.2, 0) is 0 Å². The van der Waals surface area contributed by atoms with Gasteiger partial charge >= 0.3 is 0 Å². The number of ether oxygens (including phenoxy) is 3.